The fourth-order valence-corrected chi connectivity index (χ4v) is 2.75. The third-order valence-corrected chi connectivity index (χ3v) is 3.23. The zero-order valence-corrected chi connectivity index (χ0v) is 13.1. The van der Waals surface area contributed by atoms with Crippen molar-refractivity contribution in [2.75, 3.05) is 5.32 Å². The van der Waals surface area contributed by atoms with Crippen molar-refractivity contribution in [3.05, 3.63) is 26.6 Å². The van der Waals surface area contributed by atoms with Crippen LogP contribution in [0.5, 0.6) is 0 Å². The summed E-state index contributed by atoms with van der Waals surface area (Å²) in [5.41, 5.74) is 0.338. The highest BCUT2D eigenvalue weighted by atomic mass is 79.9. The monoisotopic (exact) mass is 377 g/mol. The summed E-state index contributed by atoms with van der Waals surface area (Å²) in [6.45, 7) is 3.85. The van der Waals surface area contributed by atoms with Gasteiger partial charge in [0.1, 0.15) is 0 Å². The molecule has 0 spiro atoms. The van der Waals surface area contributed by atoms with Gasteiger partial charge in [-0.05, 0) is 34.0 Å². The predicted octanol–water partition coefficient (Wildman–Crippen LogP) is 3.89. The number of nitrogens with one attached hydrogen (secondary N) is 1. The van der Waals surface area contributed by atoms with E-state index in [2.05, 4.69) is 37.2 Å². The van der Waals surface area contributed by atoms with Gasteiger partial charge in [-0.15, -0.1) is 0 Å². The number of halogens is 2. The van der Waals surface area contributed by atoms with Crippen molar-refractivity contribution >= 4 is 49.4 Å². The first kappa shape index (κ1) is 15.2. The highest BCUT2D eigenvalue weighted by Gasteiger charge is 2.17. The van der Waals surface area contributed by atoms with Crippen LogP contribution in [-0.4, -0.2) is 17.0 Å². The summed E-state index contributed by atoms with van der Waals surface area (Å²) < 4.78 is 1.17. The lowest BCUT2D eigenvalue weighted by atomic mass is 10.1. The van der Waals surface area contributed by atoms with Crippen molar-refractivity contribution < 1.29 is 14.7 Å². The van der Waals surface area contributed by atoms with Crippen molar-refractivity contribution in [1.82, 2.24) is 0 Å². The Kier molecular flexibility index (Phi) is 5.34. The molecule has 0 radical (unpaired) electrons. The van der Waals surface area contributed by atoms with Crippen LogP contribution in [0.3, 0.4) is 0 Å². The number of aromatic carboxylic acids is 1. The molecule has 0 aliphatic heterocycles. The molecule has 2 N–H and O–H groups in total. The van der Waals surface area contributed by atoms with E-state index in [9.17, 15) is 9.59 Å². The standard InChI is InChI=1S/C12H13Br2NO3/c1-6(2)3-10(16)15-11-8(12(17)18)4-7(13)5-9(11)14/h4-6H,3H2,1-2H3,(H,15,16)(H,17,18). The summed E-state index contributed by atoms with van der Waals surface area (Å²) in [6, 6.07) is 3.15. The van der Waals surface area contributed by atoms with E-state index in [0.29, 0.717) is 15.4 Å². The minimum atomic E-state index is -1.09. The van der Waals surface area contributed by atoms with Gasteiger partial charge in [-0.3, -0.25) is 4.79 Å². The number of carboxylic acid groups (broad SMARTS) is 1. The van der Waals surface area contributed by atoms with Gasteiger partial charge in [0.15, 0.2) is 0 Å². The topological polar surface area (TPSA) is 66.4 Å². The van der Waals surface area contributed by atoms with E-state index in [4.69, 9.17) is 5.11 Å². The second-order valence-corrected chi connectivity index (χ2v) is 6.03. The minimum absolute atomic E-state index is 0.0494. The normalized spacial score (nSPS) is 10.5. The maximum absolute atomic E-state index is 11.7. The van der Waals surface area contributed by atoms with Gasteiger partial charge < -0.3 is 10.4 Å². The number of carbonyl (C=O) groups excluding carboxylic acids is 1. The van der Waals surface area contributed by atoms with E-state index >= 15 is 0 Å². The van der Waals surface area contributed by atoms with Crippen LogP contribution in [0.2, 0.25) is 0 Å². The molecule has 0 atom stereocenters. The van der Waals surface area contributed by atoms with Gasteiger partial charge in [0, 0.05) is 15.4 Å². The zero-order chi connectivity index (χ0) is 13.9. The van der Waals surface area contributed by atoms with Crippen LogP contribution in [0, 0.1) is 5.92 Å². The Labute approximate surface area is 122 Å². The van der Waals surface area contributed by atoms with Crippen LogP contribution in [0.1, 0.15) is 30.6 Å². The third-order valence-electron chi connectivity index (χ3n) is 2.14. The van der Waals surface area contributed by atoms with Crippen molar-refractivity contribution in [1.29, 1.82) is 0 Å². The second-order valence-electron chi connectivity index (χ2n) is 4.26. The van der Waals surface area contributed by atoms with E-state index in [1.807, 2.05) is 13.8 Å². The summed E-state index contributed by atoms with van der Waals surface area (Å²) >= 11 is 6.47. The average molecular weight is 379 g/mol. The minimum Gasteiger partial charge on any atom is -0.478 e. The molecular weight excluding hydrogens is 366 g/mol. The van der Waals surface area contributed by atoms with E-state index in [1.165, 1.54) is 6.07 Å². The molecule has 98 valence electrons. The first-order valence-corrected chi connectivity index (χ1v) is 6.92. The molecule has 1 aromatic rings. The molecule has 0 bridgehead atoms. The maximum atomic E-state index is 11.7. The quantitative estimate of drug-likeness (QED) is 0.834. The molecule has 0 aliphatic carbocycles. The van der Waals surface area contributed by atoms with E-state index in [-0.39, 0.29) is 23.1 Å². The van der Waals surface area contributed by atoms with Crippen LogP contribution in [0.4, 0.5) is 5.69 Å². The van der Waals surface area contributed by atoms with Crippen molar-refractivity contribution in [2.45, 2.75) is 20.3 Å². The van der Waals surface area contributed by atoms with Gasteiger partial charge in [-0.25, -0.2) is 4.79 Å². The number of anilines is 1. The Bertz CT molecular complexity index is 486. The molecule has 0 saturated heterocycles. The molecule has 1 aromatic carbocycles. The summed E-state index contributed by atoms with van der Waals surface area (Å²) in [5.74, 6) is -1.07. The van der Waals surface area contributed by atoms with Crippen LogP contribution in [0.15, 0.2) is 21.1 Å². The largest absolute Gasteiger partial charge is 0.478 e. The maximum Gasteiger partial charge on any atom is 0.337 e. The lowest BCUT2D eigenvalue weighted by molar-refractivity contribution is -0.116. The molecule has 18 heavy (non-hydrogen) atoms. The molecule has 0 unspecified atom stereocenters. The van der Waals surface area contributed by atoms with Gasteiger partial charge in [0.25, 0.3) is 0 Å². The van der Waals surface area contributed by atoms with Gasteiger partial charge >= 0.3 is 5.97 Å². The number of hydrogen-bond donors (Lipinski definition) is 2. The molecule has 0 aliphatic rings. The molecule has 0 aromatic heterocycles. The van der Waals surface area contributed by atoms with Gasteiger partial charge in [0.05, 0.1) is 11.3 Å². The predicted molar refractivity (Wildman–Crippen MR) is 76.9 cm³/mol. The summed E-state index contributed by atoms with van der Waals surface area (Å²) in [5, 5.41) is 11.7. The van der Waals surface area contributed by atoms with Crippen molar-refractivity contribution in [2.24, 2.45) is 5.92 Å². The van der Waals surface area contributed by atoms with E-state index in [0.717, 1.165) is 0 Å². The van der Waals surface area contributed by atoms with Crippen LogP contribution in [-0.2, 0) is 4.79 Å². The summed E-state index contributed by atoms with van der Waals surface area (Å²) in [7, 11) is 0. The van der Waals surface area contributed by atoms with Gasteiger partial charge in [-0.2, -0.15) is 0 Å². The van der Waals surface area contributed by atoms with Crippen LogP contribution in [0.25, 0.3) is 0 Å². The highest BCUT2D eigenvalue weighted by molar-refractivity contribution is 9.11. The molecule has 0 heterocycles. The number of benzene rings is 1. The molecule has 4 nitrogen and oxygen atoms in total. The van der Waals surface area contributed by atoms with E-state index < -0.39 is 5.97 Å². The lowest BCUT2D eigenvalue weighted by Gasteiger charge is -2.12. The fraction of sp³-hybridized carbons (Fsp3) is 0.333. The van der Waals surface area contributed by atoms with Crippen molar-refractivity contribution in [3.63, 3.8) is 0 Å². The Morgan fingerprint density at radius 2 is 1.94 bits per heavy atom. The highest BCUT2D eigenvalue weighted by Crippen LogP contribution is 2.31. The third kappa shape index (κ3) is 4.10. The molecule has 1 rings (SSSR count). The van der Waals surface area contributed by atoms with Gasteiger partial charge in [0.2, 0.25) is 5.91 Å². The summed E-state index contributed by atoms with van der Waals surface area (Å²) in [6.07, 6.45) is 0.349. The second kappa shape index (κ2) is 6.33. The SMILES string of the molecule is CC(C)CC(=O)Nc1c(Br)cc(Br)cc1C(=O)O. The molecule has 0 fully saturated rings. The molecule has 1 amide bonds. The number of rotatable bonds is 4. The average Bonchev–Trinajstić information content (AvgIpc) is 2.20. The van der Waals surface area contributed by atoms with Gasteiger partial charge in [-0.1, -0.05) is 29.8 Å². The first-order chi connectivity index (χ1) is 8.31. The Morgan fingerprint density at radius 1 is 1.33 bits per heavy atom. The molecule has 0 saturated carbocycles. The Balaban J connectivity index is 3.07. The zero-order valence-electron chi connectivity index (χ0n) is 9.96. The first-order valence-electron chi connectivity index (χ1n) is 5.33. The number of amides is 1. The Morgan fingerprint density at radius 3 is 2.44 bits per heavy atom. The summed E-state index contributed by atoms with van der Waals surface area (Å²) in [4.78, 5) is 22.8. The number of hydrogen-bond acceptors (Lipinski definition) is 2. The molecular formula is C12H13Br2NO3. The smallest absolute Gasteiger partial charge is 0.337 e. The van der Waals surface area contributed by atoms with E-state index in [1.54, 1.807) is 6.07 Å². The Hall–Kier alpha value is -0.880. The number of carboxylic acids is 1. The fourth-order valence-electron chi connectivity index (χ4n) is 1.43. The van der Waals surface area contributed by atoms with Crippen molar-refractivity contribution in [3.8, 4) is 0 Å². The van der Waals surface area contributed by atoms with Crippen LogP contribution < -0.4 is 5.32 Å². The molecule has 6 heteroatoms. The lowest BCUT2D eigenvalue weighted by Crippen LogP contribution is -2.16. The van der Waals surface area contributed by atoms with Crippen LogP contribution >= 0.6 is 31.9 Å². The number of carbonyl (C=O) groups is 2.